The van der Waals surface area contributed by atoms with Crippen molar-refractivity contribution < 1.29 is 19.1 Å². The molecule has 5 heteroatoms. The number of ether oxygens (including phenoxy) is 2. The highest BCUT2D eigenvalue weighted by Crippen LogP contribution is 2.14. The Labute approximate surface area is 99.0 Å². The topological polar surface area (TPSA) is 64.6 Å². The molecule has 0 spiro atoms. The van der Waals surface area contributed by atoms with Gasteiger partial charge < -0.3 is 14.8 Å². The van der Waals surface area contributed by atoms with Gasteiger partial charge in [0.25, 0.3) is 0 Å². The minimum absolute atomic E-state index is 0.402. The van der Waals surface area contributed by atoms with Gasteiger partial charge in [0.2, 0.25) is 5.91 Å². The minimum atomic E-state index is -0.574. The number of methoxy groups -OCH3 is 2. The Balaban J connectivity index is 2.56. The number of rotatable bonds is 4. The highest BCUT2D eigenvalue weighted by molar-refractivity contribution is 6.02. The Bertz CT molecular complexity index is 423. The molecule has 0 saturated heterocycles. The maximum atomic E-state index is 11.4. The van der Waals surface area contributed by atoms with E-state index in [-0.39, 0.29) is 0 Å². The van der Waals surface area contributed by atoms with Crippen molar-refractivity contribution in [3.05, 3.63) is 36.4 Å². The SMILES string of the molecule is COC(=O)C=CC(=O)Nc1ccc(OC)cc1. The summed E-state index contributed by atoms with van der Waals surface area (Å²) in [6.45, 7) is 0. The molecule has 90 valence electrons. The Morgan fingerprint density at radius 3 is 2.29 bits per heavy atom. The first-order chi connectivity index (χ1) is 8.15. The molecule has 5 nitrogen and oxygen atoms in total. The maximum absolute atomic E-state index is 11.4. The molecule has 0 unspecified atom stereocenters. The Hall–Kier alpha value is -2.30. The predicted molar refractivity (Wildman–Crippen MR) is 62.8 cm³/mol. The van der Waals surface area contributed by atoms with E-state index in [1.54, 1.807) is 31.4 Å². The molecule has 0 aliphatic heterocycles. The average molecular weight is 235 g/mol. The third-order valence-electron chi connectivity index (χ3n) is 1.93. The van der Waals surface area contributed by atoms with E-state index in [9.17, 15) is 9.59 Å². The lowest BCUT2D eigenvalue weighted by Crippen LogP contribution is -2.08. The monoisotopic (exact) mass is 235 g/mol. The molecule has 1 amide bonds. The number of carbonyl (C=O) groups is 2. The Morgan fingerprint density at radius 2 is 1.76 bits per heavy atom. The Morgan fingerprint density at radius 1 is 1.12 bits per heavy atom. The van der Waals surface area contributed by atoms with E-state index in [1.807, 2.05) is 0 Å². The van der Waals surface area contributed by atoms with E-state index < -0.39 is 11.9 Å². The zero-order valence-electron chi connectivity index (χ0n) is 9.60. The number of carbonyl (C=O) groups excluding carboxylic acids is 2. The summed E-state index contributed by atoms with van der Waals surface area (Å²) >= 11 is 0. The second-order valence-electron chi connectivity index (χ2n) is 3.07. The van der Waals surface area contributed by atoms with Crippen LogP contribution in [0, 0.1) is 0 Å². The van der Waals surface area contributed by atoms with Crippen LogP contribution in [0.15, 0.2) is 36.4 Å². The van der Waals surface area contributed by atoms with Gasteiger partial charge in [-0.05, 0) is 24.3 Å². The quantitative estimate of drug-likeness (QED) is 0.632. The summed E-state index contributed by atoms with van der Waals surface area (Å²) in [6, 6.07) is 6.84. The number of benzene rings is 1. The standard InChI is InChI=1S/C12H13NO4/c1-16-10-5-3-9(4-6-10)13-11(14)7-8-12(15)17-2/h3-8H,1-2H3,(H,13,14). The number of nitrogens with one attached hydrogen (secondary N) is 1. The van der Waals surface area contributed by atoms with Crippen LogP contribution >= 0.6 is 0 Å². The molecule has 1 aromatic carbocycles. The number of hydrogen-bond acceptors (Lipinski definition) is 4. The van der Waals surface area contributed by atoms with Crippen molar-refractivity contribution >= 4 is 17.6 Å². The minimum Gasteiger partial charge on any atom is -0.497 e. The highest BCUT2D eigenvalue weighted by Gasteiger charge is 1.99. The summed E-state index contributed by atoms with van der Waals surface area (Å²) in [5.41, 5.74) is 0.616. The fourth-order valence-corrected chi connectivity index (χ4v) is 1.07. The summed E-state index contributed by atoms with van der Waals surface area (Å²) in [4.78, 5) is 22.1. The van der Waals surface area contributed by atoms with E-state index in [4.69, 9.17) is 4.74 Å². The summed E-state index contributed by atoms with van der Waals surface area (Å²) in [5.74, 6) is -0.274. The van der Waals surface area contributed by atoms with Crippen LogP contribution in [-0.2, 0) is 14.3 Å². The zero-order chi connectivity index (χ0) is 12.7. The fourth-order valence-electron chi connectivity index (χ4n) is 1.07. The largest absolute Gasteiger partial charge is 0.497 e. The van der Waals surface area contributed by atoms with E-state index in [0.29, 0.717) is 11.4 Å². The molecule has 1 N–H and O–H groups in total. The van der Waals surface area contributed by atoms with Gasteiger partial charge >= 0.3 is 5.97 Å². The van der Waals surface area contributed by atoms with Crippen molar-refractivity contribution in [2.75, 3.05) is 19.5 Å². The van der Waals surface area contributed by atoms with Gasteiger partial charge in [0, 0.05) is 17.8 Å². The van der Waals surface area contributed by atoms with Crippen molar-refractivity contribution in [3.63, 3.8) is 0 Å². The van der Waals surface area contributed by atoms with Crippen LogP contribution in [0.1, 0.15) is 0 Å². The molecule has 0 saturated carbocycles. The third-order valence-corrected chi connectivity index (χ3v) is 1.93. The first kappa shape index (κ1) is 12.8. The van der Waals surface area contributed by atoms with Crippen LogP contribution in [0.4, 0.5) is 5.69 Å². The molecule has 0 aliphatic carbocycles. The summed E-state index contributed by atoms with van der Waals surface area (Å²) in [5, 5.41) is 2.58. The molecule has 17 heavy (non-hydrogen) atoms. The molecular weight excluding hydrogens is 222 g/mol. The van der Waals surface area contributed by atoms with Crippen LogP contribution in [0.5, 0.6) is 5.75 Å². The summed E-state index contributed by atoms with van der Waals surface area (Å²) < 4.78 is 9.34. The van der Waals surface area contributed by atoms with Gasteiger partial charge in [0.05, 0.1) is 14.2 Å². The summed E-state index contributed by atoms with van der Waals surface area (Å²) in [7, 11) is 2.81. The van der Waals surface area contributed by atoms with Crippen LogP contribution in [0.2, 0.25) is 0 Å². The second kappa shape index (κ2) is 6.32. The van der Waals surface area contributed by atoms with Crippen molar-refractivity contribution in [1.29, 1.82) is 0 Å². The normalized spacial score (nSPS) is 10.0. The van der Waals surface area contributed by atoms with E-state index in [1.165, 1.54) is 7.11 Å². The van der Waals surface area contributed by atoms with Crippen LogP contribution in [0.3, 0.4) is 0 Å². The van der Waals surface area contributed by atoms with Gasteiger partial charge in [-0.3, -0.25) is 4.79 Å². The van der Waals surface area contributed by atoms with Crippen LogP contribution in [0.25, 0.3) is 0 Å². The van der Waals surface area contributed by atoms with Gasteiger partial charge in [-0.25, -0.2) is 4.79 Å². The van der Waals surface area contributed by atoms with Crippen molar-refractivity contribution in [2.45, 2.75) is 0 Å². The third kappa shape index (κ3) is 4.38. The second-order valence-corrected chi connectivity index (χ2v) is 3.07. The van der Waals surface area contributed by atoms with Gasteiger partial charge in [-0.1, -0.05) is 0 Å². The van der Waals surface area contributed by atoms with Crippen LogP contribution < -0.4 is 10.1 Å². The zero-order valence-corrected chi connectivity index (χ0v) is 9.60. The molecule has 1 aromatic rings. The lowest BCUT2D eigenvalue weighted by atomic mass is 10.3. The molecule has 0 atom stereocenters. The first-order valence-corrected chi connectivity index (χ1v) is 4.87. The molecule has 1 rings (SSSR count). The highest BCUT2D eigenvalue weighted by atomic mass is 16.5. The molecule has 0 bridgehead atoms. The average Bonchev–Trinajstić information content (AvgIpc) is 2.36. The van der Waals surface area contributed by atoms with Crippen molar-refractivity contribution in [3.8, 4) is 5.75 Å². The molecule has 0 radical (unpaired) electrons. The van der Waals surface area contributed by atoms with Crippen molar-refractivity contribution in [2.24, 2.45) is 0 Å². The number of esters is 1. The lowest BCUT2D eigenvalue weighted by molar-refractivity contribution is -0.135. The van der Waals surface area contributed by atoms with Gasteiger partial charge in [0.15, 0.2) is 0 Å². The lowest BCUT2D eigenvalue weighted by Gasteiger charge is -2.03. The van der Waals surface area contributed by atoms with E-state index in [2.05, 4.69) is 10.1 Å². The molecular formula is C12H13NO4. The fraction of sp³-hybridized carbons (Fsp3) is 0.167. The molecule has 0 aliphatic rings. The number of amides is 1. The van der Waals surface area contributed by atoms with Crippen molar-refractivity contribution in [1.82, 2.24) is 0 Å². The Kier molecular flexibility index (Phi) is 4.75. The molecule has 0 fully saturated rings. The van der Waals surface area contributed by atoms with Gasteiger partial charge in [0.1, 0.15) is 5.75 Å². The number of hydrogen-bond donors (Lipinski definition) is 1. The molecule has 0 heterocycles. The molecule has 0 aromatic heterocycles. The number of anilines is 1. The first-order valence-electron chi connectivity index (χ1n) is 4.87. The van der Waals surface area contributed by atoms with E-state index >= 15 is 0 Å². The van der Waals surface area contributed by atoms with E-state index in [0.717, 1.165) is 12.2 Å². The van der Waals surface area contributed by atoms with Gasteiger partial charge in [-0.15, -0.1) is 0 Å². The smallest absolute Gasteiger partial charge is 0.330 e. The van der Waals surface area contributed by atoms with Crippen LogP contribution in [-0.4, -0.2) is 26.1 Å². The maximum Gasteiger partial charge on any atom is 0.330 e. The predicted octanol–water partition coefficient (Wildman–Crippen LogP) is 1.36. The summed E-state index contributed by atoms with van der Waals surface area (Å²) in [6.07, 6.45) is 2.16. The van der Waals surface area contributed by atoms with Gasteiger partial charge in [-0.2, -0.15) is 0 Å².